The summed E-state index contributed by atoms with van der Waals surface area (Å²) in [7, 11) is -2.25. The first-order chi connectivity index (χ1) is 9.00. The van der Waals surface area contributed by atoms with Crippen LogP contribution < -0.4 is 4.74 Å². The topological polar surface area (TPSA) is 61.2 Å². The number of ether oxygens (including phenoxy) is 1. The van der Waals surface area contributed by atoms with E-state index in [9.17, 15) is 8.42 Å². The Bertz CT molecular complexity index is 695. The van der Waals surface area contributed by atoms with Gasteiger partial charge in [-0.2, -0.15) is 0 Å². The van der Waals surface area contributed by atoms with Crippen LogP contribution in [0.25, 0.3) is 0 Å². The molecule has 0 aliphatic carbocycles. The molecule has 2 rings (SSSR count). The van der Waals surface area contributed by atoms with E-state index in [4.69, 9.17) is 4.74 Å². The van der Waals surface area contributed by atoms with Crippen molar-refractivity contribution < 1.29 is 13.2 Å². The van der Waals surface area contributed by atoms with Crippen LogP contribution in [0.2, 0.25) is 0 Å². The minimum atomic E-state index is -3.69. The minimum Gasteiger partial charge on any atom is -0.495 e. The lowest BCUT2D eigenvalue weighted by Crippen LogP contribution is -2.16. The fourth-order valence-electron chi connectivity index (χ4n) is 1.75. The van der Waals surface area contributed by atoms with Gasteiger partial charge in [-0.05, 0) is 18.2 Å². The number of hydrogen-bond donors (Lipinski definition) is 0. The van der Waals surface area contributed by atoms with E-state index in [1.165, 1.54) is 29.5 Å². The summed E-state index contributed by atoms with van der Waals surface area (Å²) in [6.45, 7) is 1.85. The van der Waals surface area contributed by atoms with E-state index in [1.54, 1.807) is 12.1 Å². The molecular formula is C12H13BrN2O3S. The predicted octanol–water partition coefficient (Wildman–Crippen LogP) is 2.45. The summed E-state index contributed by atoms with van der Waals surface area (Å²) < 4.78 is 32.3. The SMILES string of the molecule is CCc1nccn1S(=O)(=O)c1ccc(Br)cc1OC. The monoisotopic (exact) mass is 344 g/mol. The Morgan fingerprint density at radius 2 is 2.16 bits per heavy atom. The highest BCUT2D eigenvalue weighted by molar-refractivity contribution is 9.10. The van der Waals surface area contributed by atoms with Crippen LogP contribution in [0, 0.1) is 0 Å². The third-order valence-corrected chi connectivity index (χ3v) is 4.90. The van der Waals surface area contributed by atoms with Crippen LogP contribution in [-0.2, 0) is 16.4 Å². The molecule has 0 saturated carbocycles. The molecule has 0 unspecified atom stereocenters. The van der Waals surface area contributed by atoms with Crippen LogP contribution in [0.4, 0.5) is 0 Å². The van der Waals surface area contributed by atoms with Gasteiger partial charge >= 0.3 is 0 Å². The smallest absolute Gasteiger partial charge is 0.272 e. The molecule has 2 aromatic rings. The molecule has 1 aromatic carbocycles. The maximum atomic E-state index is 12.6. The number of rotatable bonds is 4. The summed E-state index contributed by atoms with van der Waals surface area (Å²) in [5.41, 5.74) is 0. The zero-order valence-electron chi connectivity index (χ0n) is 10.5. The van der Waals surface area contributed by atoms with E-state index in [1.807, 2.05) is 6.92 Å². The predicted molar refractivity (Wildman–Crippen MR) is 74.9 cm³/mol. The molecule has 1 aromatic heterocycles. The van der Waals surface area contributed by atoms with Crippen molar-refractivity contribution in [1.29, 1.82) is 0 Å². The van der Waals surface area contributed by atoms with Gasteiger partial charge in [-0.25, -0.2) is 17.4 Å². The van der Waals surface area contributed by atoms with Crippen LogP contribution in [0.15, 0.2) is 40.0 Å². The molecule has 0 N–H and O–H groups in total. The number of imidazole rings is 1. The van der Waals surface area contributed by atoms with Gasteiger partial charge in [0.15, 0.2) is 0 Å². The second-order valence-corrected chi connectivity index (χ2v) is 6.49. The molecule has 0 aliphatic rings. The molecule has 0 aliphatic heterocycles. The molecular weight excluding hydrogens is 332 g/mol. The van der Waals surface area contributed by atoms with Gasteiger partial charge in [-0.15, -0.1) is 0 Å². The Kier molecular flexibility index (Phi) is 3.96. The highest BCUT2D eigenvalue weighted by atomic mass is 79.9. The van der Waals surface area contributed by atoms with Crippen molar-refractivity contribution in [1.82, 2.24) is 8.96 Å². The van der Waals surface area contributed by atoms with Crippen molar-refractivity contribution in [2.24, 2.45) is 0 Å². The molecule has 7 heteroatoms. The first-order valence-electron chi connectivity index (χ1n) is 5.62. The Morgan fingerprint density at radius 3 is 2.79 bits per heavy atom. The molecule has 0 fully saturated rings. The summed E-state index contributed by atoms with van der Waals surface area (Å²) in [5.74, 6) is 0.787. The standard InChI is InChI=1S/C12H13BrN2O3S/c1-3-12-14-6-7-15(12)19(16,17)11-5-4-9(13)8-10(11)18-2/h4-8H,3H2,1-2H3. The molecule has 0 atom stereocenters. The molecule has 1 heterocycles. The van der Waals surface area contributed by atoms with Gasteiger partial charge in [0.1, 0.15) is 16.5 Å². The fraction of sp³-hybridized carbons (Fsp3) is 0.250. The van der Waals surface area contributed by atoms with Crippen molar-refractivity contribution in [3.05, 3.63) is 40.9 Å². The van der Waals surface area contributed by atoms with E-state index in [2.05, 4.69) is 20.9 Å². The molecule has 0 bridgehead atoms. The van der Waals surface area contributed by atoms with Crippen LogP contribution in [-0.4, -0.2) is 24.5 Å². The first-order valence-corrected chi connectivity index (χ1v) is 7.85. The van der Waals surface area contributed by atoms with Crippen LogP contribution in [0.3, 0.4) is 0 Å². The summed E-state index contributed by atoms with van der Waals surface area (Å²) in [6.07, 6.45) is 3.45. The summed E-state index contributed by atoms with van der Waals surface area (Å²) in [5, 5.41) is 0. The van der Waals surface area contributed by atoms with Gasteiger partial charge in [0, 0.05) is 23.3 Å². The molecule has 0 saturated heterocycles. The zero-order valence-corrected chi connectivity index (χ0v) is 12.9. The first kappa shape index (κ1) is 14.1. The average molecular weight is 345 g/mol. The highest BCUT2D eigenvalue weighted by Gasteiger charge is 2.23. The van der Waals surface area contributed by atoms with Crippen LogP contribution in [0.1, 0.15) is 12.7 Å². The zero-order chi connectivity index (χ0) is 14.0. The lowest BCUT2D eigenvalue weighted by atomic mass is 10.3. The third-order valence-electron chi connectivity index (χ3n) is 2.66. The lowest BCUT2D eigenvalue weighted by molar-refractivity contribution is 0.402. The summed E-state index contributed by atoms with van der Waals surface area (Å²) >= 11 is 3.29. The largest absolute Gasteiger partial charge is 0.495 e. The number of benzene rings is 1. The maximum Gasteiger partial charge on any atom is 0.272 e. The molecule has 19 heavy (non-hydrogen) atoms. The fourth-order valence-corrected chi connectivity index (χ4v) is 3.61. The Morgan fingerprint density at radius 1 is 1.42 bits per heavy atom. The third kappa shape index (κ3) is 2.52. The highest BCUT2D eigenvalue weighted by Crippen LogP contribution is 2.29. The summed E-state index contributed by atoms with van der Waals surface area (Å²) in [6, 6.07) is 4.80. The van der Waals surface area contributed by atoms with Gasteiger partial charge in [-0.1, -0.05) is 22.9 Å². The number of halogens is 1. The van der Waals surface area contributed by atoms with Gasteiger partial charge < -0.3 is 4.74 Å². The van der Waals surface area contributed by atoms with Crippen molar-refractivity contribution in [3.8, 4) is 5.75 Å². The lowest BCUT2D eigenvalue weighted by Gasteiger charge is -2.12. The van der Waals surface area contributed by atoms with Gasteiger partial charge in [0.05, 0.1) is 7.11 Å². The molecule has 0 spiro atoms. The number of nitrogens with zero attached hydrogens (tertiary/aromatic N) is 2. The van der Waals surface area contributed by atoms with Gasteiger partial charge in [-0.3, -0.25) is 0 Å². The van der Waals surface area contributed by atoms with E-state index < -0.39 is 10.0 Å². The number of methoxy groups -OCH3 is 1. The van der Waals surface area contributed by atoms with Crippen LogP contribution in [0.5, 0.6) is 5.75 Å². The Hall–Kier alpha value is -1.34. The van der Waals surface area contributed by atoms with Crippen molar-refractivity contribution >= 4 is 26.0 Å². The Labute approximate surface area is 120 Å². The minimum absolute atomic E-state index is 0.117. The molecule has 102 valence electrons. The maximum absolute atomic E-state index is 12.6. The van der Waals surface area contributed by atoms with Crippen molar-refractivity contribution in [2.45, 2.75) is 18.2 Å². The van der Waals surface area contributed by atoms with E-state index >= 15 is 0 Å². The average Bonchev–Trinajstić information content (AvgIpc) is 2.87. The molecule has 0 amide bonds. The Balaban J connectivity index is 2.63. The normalized spacial score (nSPS) is 11.5. The quantitative estimate of drug-likeness (QED) is 0.854. The van der Waals surface area contributed by atoms with E-state index in [-0.39, 0.29) is 4.90 Å². The van der Waals surface area contributed by atoms with E-state index in [0.717, 1.165) is 4.47 Å². The number of aromatic nitrogens is 2. The van der Waals surface area contributed by atoms with E-state index in [0.29, 0.717) is 18.0 Å². The second kappa shape index (κ2) is 5.34. The van der Waals surface area contributed by atoms with Gasteiger partial charge in [0.25, 0.3) is 10.0 Å². The molecule has 0 radical (unpaired) electrons. The molecule has 5 nitrogen and oxygen atoms in total. The van der Waals surface area contributed by atoms with Crippen molar-refractivity contribution in [3.63, 3.8) is 0 Å². The van der Waals surface area contributed by atoms with Crippen molar-refractivity contribution in [2.75, 3.05) is 7.11 Å². The second-order valence-electron chi connectivity index (χ2n) is 3.79. The number of hydrogen-bond acceptors (Lipinski definition) is 4. The van der Waals surface area contributed by atoms with Crippen LogP contribution >= 0.6 is 15.9 Å². The summed E-state index contributed by atoms with van der Waals surface area (Å²) in [4.78, 5) is 4.15. The number of aryl methyl sites for hydroxylation is 1. The van der Waals surface area contributed by atoms with Gasteiger partial charge in [0.2, 0.25) is 0 Å².